The van der Waals surface area contributed by atoms with E-state index in [2.05, 4.69) is 10.3 Å². The number of anilines is 3. The highest BCUT2D eigenvalue weighted by Crippen LogP contribution is 2.29. The molecule has 0 amide bonds. The molecule has 0 radical (unpaired) electrons. The number of fused-ring (bicyclic) bond motifs is 1. The molecule has 0 aliphatic rings. The third-order valence-electron chi connectivity index (χ3n) is 4.73. The predicted molar refractivity (Wildman–Crippen MR) is 120 cm³/mol. The van der Waals surface area contributed by atoms with Crippen LogP contribution in [0.4, 0.5) is 17.3 Å². The lowest BCUT2D eigenvalue weighted by Crippen LogP contribution is -2.14. The van der Waals surface area contributed by atoms with E-state index in [0.29, 0.717) is 17.3 Å². The summed E-state index contributed by atoms with van der Waals surface area (Å²) in [7, 11) is 0.436. The van der Waals surface area contributed by atoms with Crippen LogP contribution in [-0.4, -0.2) is 32.5 Å². The minimum Gasteiger partial charge on any atom is -0.497 e. The van der Waals surface area contributed by atoms with Gasteiger partial charge in [0, 0.05) is 29.9 Å². The van der Waals surface area contributed by atoms with Gasteiger partial charge in [-0.3, -0.25) is 4.31 Å². The van der Waals surface area contributed by atoms with Gasteiger partial charge >= 0.3 is 0 Å². The summed E-state index contributed by atoms with van der Waals surface area (Å²) in [6, 6.07) is 20.8. The normalized spacial score (nSPS) is 10.9. The van der Waals surface area contributed by atoms with E-state index in [-0.39, 0.29) is 0 Å². The van der Waals surface area contributed by atoms with Gasteiger partial charge in [-0.1, -0.05) is 36.4 Å². The Hall–Kier alpha value is -3.65. The first-order valence-electron chi connectivity index (χ1n) is 9.20. The largest absolute Gasteiger partial charge is 0.497 e. The van der Waals surface area contributed by atoms with Crippen molar-refractivity contribution >= 4 is 39.1 Å². The molecule has 152 valence electrons. The molecule has 0 aliphatic heterocycles. The highest BCUT2D eigenvalue weighted by Gasteiger charge is 2.09. The Morgan fingerprint density at radius 2 is 1.77 bits per heavy atom. The fraction of sp³-hybridized carbons (Fsp3) is 0.0909. The van der Waals surface area contributed by atoms with E-state index in [1.165, 1.54) is 11.4 Å². The summed E-state index contributed by atoms with van der Waals surface area (Å²) in [5, 5.41) is 4.08. The smallest absolute Gasteiger partial charge is 0.227 e. The summed E-state index contributed by atoms with van der Waals surface area (Å²) in [6.45, 7) is 0. The minimum absolute atomic E-state index is 0.426. The summed E-state index contributed by atoms with van der Waals surface area (Å²) in [5.74, 6) is 1.22. The van der Waals surface area contributed by atoms with Gasteiger partial charge in [0.15, 0.2) is 0 Å². The van der Waals surface area contributed by atoms with E-state index >= 15 is 0 Å². The SMILES string of the molecule is COc1ccc(-c2cccc3cnc(Nc4cccc(N(C)[SH](=O)=O)c4)nc23)cc1. The van der Waals surface area contributed by atoms with Crippen molar-refractivity contribution < 1.29 is 13.2 Å². The van der Waals surface area contributed by atoms with Crippen molar-refractivity contribution in [3.05, 3.63) is 72.9 Å². The second-order valence-electron chi connectivity index (χ2n) is 6.60. The number of hydrogen-bond donors (Lipinski definition) is 2. The van der Waals surface area contributed by atoms with E-state index in [0.717, 1.165) is 27.8 Å². The van der Waals surface area contributed by atoms with Crippen molar-refractivity contribution in [1.29, 1.82) is 0 Å². The van der Waals surface area contributed by atoms with Crippen molar-refractivity contribution in [2.75, 3.05) is 23.8 Å². The first-order valence-corrected chi connectivity index (χ1v) is 10.3. The number of aromatic nitrogens is 2. The second kappa shape index (κ2) is 8.38. The highest BCUT2D eigenvalue weighted by molar-refractivity contribution is 7.74. The van der Waals surface area contributed by atoms with Gasteiger partial charge in [0.05, 0.1) is 18.3 Å². The lowest BCUT2D eigenvalue weighted by molar-refractivity contribution is 0.415. The molecule has 0 atom stereocenters. The highest BCUT2D eigenvalue weighted by atomic mass is 32.2. The monoisotopic (exact) mass is 420 g/mol. The maximum Gasteiger partial charge on any atom is 0.227 e. The van der Waals surface area contributed by atoms with E-state index in [4.69, 9.17) is 9.72 Å². The lowest BCUT2D eigenvalue weighted by atomic mass is 10.0. The van der Waals surface area contributed by atoms with Crippen molar-refractivity contribution in [2.24, 2.45) is 0 Å². The Labute approximate surface area is 176 Å². The molecule has 7 nitrogen and oxygen atoms in total. The third-order valence-corrected chi connectivity index (χ3v) is 5.45. The molecule has 8 heteroatoms. The third kappa shape index (κ3) is 4.04. The second-order valence-corrected chi connectivity index (χ2v) is 7.68. The molecule has 1 N–H and O–H groups in total. The minimum atomic E-state index is -2.70. The summed E-state index contributed by atoms with van der Waals surface area (Å²) in [5.41, 5.74) is 4.07. The summed E-state index contributed by atoms with van der Waals surface area (Å²) < 4.78 is 28.9. The van der Waals surface area contributed by atoms with E-state index in [1.54, 1.807) is 31.5 Å². The van der Waals surface area contributed by atoms with E-state index in [9.17, 15) is 8.42 Å². The van der Waals surface area contributed by atoms with Crippen LogP contribution >= 0.6 is 0 Å². The maximum absolute atomic E-state index is 11.2. The quantitative estimate of drug-likeness (QED) is 0.459. The Morgan fingerprint density at radius 3 is 2.50 bits per heavy atom. The van der Waals surface area contributed by atoms with Crippen LogP contribution < -0.4 is 14.4 Å². The number of ether oxygens (including phenoxy) is 1. The number of nitrogens with one attached hydrogen (secondary N) is 1. The van der Waals surface area contributed by atoms with Crippen LogP contribution in [0.3, 0.4) is 0 Å². The fourth-order valence-corrected chi connectivity index (χ4v) is 3.44. The number of para-hydroxylation sites is 1. The fourth-order valence-electron chi connectivity index (χ4n) is 3.13. The van der Waals surface area contributed by atoms with Crippen molar-refractivity contribution in [1.82, 2.24) is 9.97 Å². The maximum atomic E-state index is 11.2. The predicted octanol–water partition coefficient (Wildman–Crippen LogP) is 4.01. The Balaban J connectivity index is 1.70. The first-order chi connectivity index (χ1) is 14.5. The molecule has 30 heavy (non-hydrogen) atoms. The van der Waals surface area contributed by atoms with Crippen molar-refractivity contribution in [3.8, 4) is 16.9 Å². The molecule has 0 saturated heterocycles. The summed E-state index contributed by atoms with van der Waals surface area (Å²) in [4.78, 5) is 9.11. The summed E-state index contributed by atoms with van der Waals surface area (Å²) in [6.07, 6.45) is 1.77. The average molecular weight is 420 g/mol. The van der Waals surface area contributed by atoms with Crippen LogP contribution in [0.1, 0.15) is 0 Å². The Morgan fingerprint density at radius 1 is 1.00 bits per heavy atom. The number of nitrogens with zero attached hydrogens (tertiary/aromatic N) is 3. The van der Waals surface area contributed by atoms with Crippen molar-refractivity contribution in [2.45, 2.75) is 0 Å². The molecule has 0 aliphatic carbocycles. The van der Waals surface area contributed by atoms with Crippen LogP contribution in [-0.2, 0) is 10.9 Å². The molecule has 0 spiro atoms. The van der Waals surface area contributed by atoms with Gasteiger partial charge in [0.1, 0.15) is 5.75 Å². The van der Waals surface area contributed by atoms with E-state index < -0.39 is 10.9 Å². The summed E-state index contributed by atoms with van der Waals surface area (Å²) >= 11 is 0. The van der Waals surface area contributed by atoms with Gasteiger partial charge in [-0.25, -0.2) is 18.4 Å². The molecule has 4 rings (SSSR count). The number of hydrogen-bond acceptors (Lipinski definition) is 6. The van der Waals surface area contributed by atoms with Gasteiger partial charge in [0.25, 0.3) is 0 Å². The van der Waals surface area contributed by atoms with Crippen LogP contribution in [0.2, 0.25) is 0 Å². The zero-order valence-electron chi connectivity index (χ0n) is 16.4. The molecule has 1 aromatic heterocycles. The number of benzene rings is 3. The van der Waals surface area contributed by atoms with Crippen molar-refractivity contribution in [3.63, 3.8) is 0 Å². The molecule has 0 fully saturated rings. The molecule has 0 saturated carbocycles. The number of rotatable bonds is 6. The topological polar surface area (TPSA) is 84.4 Å². The van der Waals surface area contributed by atoms with Gasteiger partial charge < -0.3 is 10.1 Å². The molecular formula is C22H20N4O3S. The average Bonchev–Trinajstić information content (AvgIpc) is 2.78. The first kappa shape index (κ1) is 19.7. The van der Waals surface area contributed by atoms with Crippen LogP contribution in [0.25, 0.3) is 22.0 Å². The molecule has 0 bridgehead atoms. The number of methoxy groups -OCH3 is 1. The van der Waals surface area contributed by atoms with Crippen LogP contribution in [0.15, 0.2) is 72.9 Å². The molecule has 3 aromatic carbocycles. The van der Waals surface area contributed by atoms with Gasteiger partial charge in [-0.2, -0.15) is 0 Å². The van der Waals surface area contributed by atoms with E-state index in [1.807, 2.05) is 48.5 Å². The van der Waals surface area contributed by atoms with Crippen LogP contribution in [0.5, 0.6) is 5.75 Å². The van der Waals surface area contributed by atoms with Gasteiger partial charge in [-0.15, -0.1) is 0 Å². The van der Waals surface area contributed by atoms with Crippen LogP contribution in [0, 0.1) is 0 Å². The Kier molecular flexibility index (Phi) is 5.49. The standard InChI is InChI=1S/C22H20N4O3S/c1-26(30(27)28)18-7-4-6-17(13-18)24-22-23-14-16-5-3-8-20(21(16)25-22)15-9-11-19(29-2)12-10-15/h3-14,30H,1-2H3,(H,23,24,25). The molecule has 0 unspecified atom stereocenters. The molecular weight excluding hydrogens is 400 g/mol. The lowest BCUT2D eigenvalue weighted by Gasteiger charge is -2.13. The Bertz CT molecular complexity index is 1270. The molecule has 4 aromatic rings. The number of thiol groups is 1. The van der Waals surface area contributed by atoms with Gasteiger partial charge in [-0.05, 0) is 35.9 Å². The van der Waals surface area contributed by atoms with Gasteiger partial charge in [0.2, 0.25) is 16.8 Å². The zero-order valence-corrected chi connectivity index (χ0v) is 17.3. The zero-order chi connectivity index (χ0) is 21.1. The molecule has 1 heterocycles.